The van der Waals surface area contributed by atoms with Gasteiger partial charge < -0.3 is 19.7 Å². The summed E-state index contributed by atoms with van der Waals surface area (Å²) in [7, 11) is 0. The molecular weight excluding hydrogens is 180 g/mol. The van der Waals surface area contributed by atoms with Crippen LogP contribution in [0.4, 0.5) is 0 Å². The summed E-state index contributed by atoms with van der Waals surface area (Å²) in [5.74, 6) is -1.82. The van der Waals surface area contributed by atoms with E-state index in [1.165, 1.54) is 0 Å². The maximum atomic E-state index is 9.21. The van der Waals surface area contributed by atoms with Crippen molar-refractivity contribution < 1.29 is 29.2 Å². The van der Waals surface area contributed by atoms with Crippen LogP contribution < -0.4 is 0 Å². The lowest BCUT2D eigenvalue weighted by atomic mass is 10.1. The van der Waals surface area contributed by atoms with Crippen molar-refractivity contribution in [1.82, 2.24) is 0 Å². The van der Waals surface area contributed by atoms with Crippen molar-refractivity contribution in [2.75, 3.05) is 13.2 Å². The van der Waals surface area contributed by atoms with Crippen LogP contribution in [0.5, 0.6) is 0 Å². The average Bonchev–Trinajstić information content (AvgIpc) is 2.52. The molecule has 2 atom stereocenters. The van der Waals surface area contributed by atoms with Crippen molar-refractivity contribution in [3.05, 3.63) is 0 Å². The second-order valence-corrected chi connectivity index (χ2v) is 3.39. The van der Waals surface area contributed by atoms with E-state index >= 15 is 0 Å². The van der Waals surface area contributed by atoms with Gasteiger partial charge in [0.05, 0.1) is 12.7 Å². The Morgan fingerprint density at radius 3 is 2.69 bits per heavy atom. The van der Waals surface area contributed by atoms with Gasteiger partial charge in [0.15, 0.2) is 0 Å². The average molecular weight is 190 g/mol. The highest BCUT2D eigenvalue weighted by Gasteiger charge is 2.98. The van der Waals surface area contributed by atoms with Crippen LogP contribution in [0.15, 0.2) is 0 Å². The Kier molecular flexibility index (Phi) is 1.38. The molecule has 4 aliphatic heterocycles. The van der Waals surface area contributed by atoms with E-state index in [9.17, 15) is 5.11 Å². The van der Waals surface area contributed by atoms with E-state index in [4.69, 9.17) is 24.1 Å². The molecule has 6 nitrogen and oxygen atoms in total. The molecule has 4 aliphatic rings. The van der Waals surface area contributed by atoms with Gasteiger partial charge in [-0.25, -0.2) is 0 Å². The van der Waals surface area contributed by atoms with Gasteiger partial charge in [-0.05, 0) is 6.42 Å². The van der Waals surface area contributed by atoms with E-state index in [1.54, 1.807) is 0 Å². The van der Waals surface area contributed by atoms with Gasteiger partial charge in [-0.1, -0.05) is 0 Å². The zero-order valence-electron chi connectivity index (χ0n) is 6.80. The maximum absolute atomic E-state index is 9.21. The Morgan fingerprint density at radius 1 is 1.46 bits per heavy atom. The summed E-state index contributed by atoms with van der Waals surface area (Å²) in [6.45, 7) is 0.0135. The highest BCUT2D eigenvalue weighted by molar-refractivity contribution is 5.15. The lowest BCUT2D eigenvalue weighted by Gasteiger charge is -2.51. The predicted molar refractivity (Wildman–Crippen MR) is 36.2 cm³/mol. The highest BCUT2D eigenvalue weighted by atomic mass is 17.2. The predicted octanol–water partition coefficient (Wildman–Crippen LogP) is -1.49. The molecule has 0 aromatic heterocycles. The lowest BCUT2D eigenvalue weighted by Crippen LogP contribution is -2.74. The molecule has 4 fully saturated rings. The van der Waals surface area contributed by atoms with E-state index in [2.05, 4.69) is 0 Å². The first-order valence-corrected chi connectivity index (χ1v) is 4.22. The van der Waals surface area contributed by atoms with Gasteiger partial charge in [-0.2, -0.15) is 0 Å². The quantitative estimate of drug-likeness (QED) is 0.514. The fourth-order valence-electron chi connectivity index (χ4n) is 1.55. The van der Waals surface area contributed by atoms with Crippen LogP contribution in [0.25, 0.3) is 0 Å². The van der Waals surface area contributed by atoms with Crippen molar-refractivity contribution in [2.24, 2.45) is 0 Å². The molecule has 0 aromatic rings. The molecular formula is C7H10O6. The monoisotopic (exact) mass is 190 g/mol. The van der Waals surface area contributed by atoms with Crippen LogP contribution >= 0.6 is 0 Å². The number of epoxide rings is 1. The number of aliphatic hydroxyl groups excluding tert-OH is 2. The van der Waals surface area contributed by atoms with E-state index in [0.717, 1.165) is 0 Å². The first-order chi connectivity index (χ1) is 6.21. The molecule has 1 spiro atoms. The summed E-state index contributed by atoms with van der Waals surface area (Å²) in [6.07, 6.45) is -0.519. The highest BCUT2D eigenvalue weighted by Crippen LogP contribution is 2.72. The van der Waals surface area contributed by atoms with E-state index < -0.39 is 18.1 Å². The minimum Gasteiger partial charge on any atom is -0.396 e. The molecule has 4 rings (SSSR count). The van der Waals surface area contributed by atoms with Crippen molar-refractivity contribution >= 4 is 0 Å². The molecule has 0 aromatic carbocycles. The van der Waals surface area contributed by atoms with E-state index in [1.807, 2.05) is 0 Å². The molecule has 2 unspecified atom stereocenters. The van der Waals surface area contributed by atoms with Gasteiger partial charge in [-0.3, -0.25) is 9.47 Å². The molecule has 4 heterocycles. The topological polar surface area (TPSA) is 80.7 Å². The number of hydrogen-bond acceptors (Lipinski definition) is 6. The first-order valence-electron chi connectivity index (χ1n) is 4.22. The molecule has 0 amide bonds. The summed E-state index contributed by atoms with van der Waals surface area (Å²) in [4.78, 5) is 0. The van der Waals surface area contributed by atoms with Crippen LogP contribution in [0.1, 0.15) is 6.42 Å². The Morgan fingerprint density at radius 2 is 2.23 bits per heavy atom. The van der Waals surface area contributed by atoms with E-state index in [-0.39, 0.29) is 25.7 Å². The molecule has 13 heavy (non-hydrogen) atoms. The van der Waals surface area contributed by atoms with Crippen molar-refractivity contribution in [2.45, 2.75) is 30.6 Å². The van der Waals surface area contributed by atoms with E-state index in [0.29, 0.717) is 0 Å². The first kappa shape index (κ1) is 8.10. The SMILES string of the molecule is OCCC(O)COC12OC3(OC13)O2. The lowest BCUT2D eigenvalue weighted by molar-refractivity contribution is -0.630. The third-order valence-electron chi connectivity index (χ3n) is 2.38. The zero-order valence-corrected chi connectivity index (χ0v) is 6.80. The number of ether oxygens (including phenoxy) is 4. The molecule has 6 heteroatoms. The normalized spacial score (nSPS) is 51.7. The van der Waals surface area contributed by atoms with Crippen molar-refractivity contribution in [3.8, 4) is 0 Å². The minimum absolute atomic E-state index is 0.0664. The van der Waals surface area contributed by atoms with Gasteiger partial charge in [0, 0.05) is 6.61 Å². The molecule has 0 aliphatic carbocycles. The molecule has 2 bridgehead atoms. The fourth-order valence-corrected chi connectivity index (χ4v) is 1.55. The van der Waals surface area contributed by atoms with Crippen LogP contribution in [-0.4, -0.2) is 47.6 Å². The smallest absolute Gasteiger partial charge is 0.328 e. The van der Waals surface area contributed by atoms with Crippen LogP contribution in [0.2, 0.25) is 0 Å². The van der Waals surface area contributed by atoms with Crippen LogP contribution in [0, 0.1) is 0 Å². The van der Waals surface area contributed by atoms with Gasteiger partial charge in [0.25, 0.3) is 0 Å². The van der Waals surface area contributed by atoms with Gasteiger partial charge in [-0.15, -0.1) is 0 Å². The molecule has 0 radical (unpaired) electrons. The van der Waals surface area contributed by atoms with Crippen LogP contribution in [-0.2, 0) is 18.9 Å². The van der Waals surface area contributed by atoms with Crippen molar-refractivity contribution in [1.29, 1.82) is 0 Å². The summed E-state index contributed by atoms with van der Waals surface area (Å²) in [5, 5.41) is 17.7. The van der Waals surface area contributed by atoms with Gasteiger partial charge >= 0.3 is 11.9 Å². The zero-order chi connectivity index (χ0) is 9.10. The number of hydrogen-bond donors (Lipinski definition) is 2. The largest absolute Gasteiger partial charge is 0.396 e. The fraction of sp³-hybridized carbons (Fsp3) is 1.00. The second kappa shape index (κ2) is 2.22. The Bertz CT molecular complexity index is 235. The van der Waals surface area contributed by atoms with Crippen LogP contribution in [0.3, 0.4) is 0 Å². The summed E-state index contributed by atoms with van der Waals surface area (Å²) in [6, 6.07) is 0. The number of rotatable bonds is 5. The standard InChI is InChI=1S/C7H10O6/c8-2-1-4(9)3-10-6-5-7(11-5,12-6)13-6/h4-5,8-9H,1-3H2. The Balaban J connectivity index is 1.44. The van der Waals surface area contributed by atoms with Gasteiger partial charge in [0.2, 0.25) is 6.10 Å². The summed E-state index contributed by atoms with van der Waals surface area (Å²) >= 11 is 0. The second-order valence-electron chi connectivity index (χ2n) is 3.39. The summed E-state index contributed by atoms with van der Waals surface area (Å²) < 4.78 is 20.3. The summed E-state index contributed by atoms with van der Waals surface area (Å²) in [5.41, 5.74) is 0. The Labute approximate surface area is 74.0 Å². The third-order valence-corrected chi connectivity index (χ3v) is 2.38. The molecule has 74 valence electrons. The molecule has 0 saturated carbocycles. The Hall–Kier alpha value is -0.240. The molecule has 2 N–H and O–H groups in total. The molecule has 4 saturated heterocycles. The van der Waals surface area contributed by atoms with Crippen molar-refractivity contribution in [3.63, 3.8) is 0 Å². The van der Waals surface area contributed by atoms with Gasteiger partial charge in [0.1, 0.15) is 0 Å². The maximum Gasteiger partial charge on any atom is 0.328 e. The minimum atomic E-state index is -1.05. The third kappa shape index (κ3) is 0.876. The number of aliphatic hydroxyl groups is 2.